The van der Waals surface area contributed by atoms with Crippen molar-refractivity contribution in [3.05, 3.63) is 35.5 Å². The van der Waals surface area contributed by atoms with E-state index in [-0.39, 0.29) is 11.9 Å². The van der Waals surface area contributed by atoms with Crippen LogP contribution in [0.1, 0.15) is 43.7 Å². The zero-order valence-electron chi connectivity index (χ0n) is 11.2. The number of benzene rings is 1. The zero-order chi connectivity index (χ0) is 13.8. The lowest BCUT2D eigenvalue weighted by Gasteiger charge is -2.03. The predicted octanol–water partition coefficient (Wildman–Crippen LogP) is 3.37. The molecule has 1 unspecified atom stereocenters. The number of aromatic nitrogens is 2. The summed E-state index contributed by atoms with van der Waals surface area (Å²) in [5, 5.41) is 3.85. The molecular weight excluding hydrogens is 245 g/mol. The number of halogens is 1. The van der Waals surface area contributed by atoms with Gasteiger partial charge in [-0.3, -0.25) is 0 Å². The standard InChI is InChI=1S/C14H18FN3O/c1-3-4-5-12(16)14-17-13(18-19-14)10-7-6-9(2)11(15)8-10/h6-8,12H,3-5,16H2,1-2H3. The monoisotopic (exact) mass is 263 g/mol. The smallest absolute Gasteiger partial charge is 0.243 e. The predicted molar refractivity (Wildman–Crippen MR) is 70.9 cm³/mol. The summed E-state index contributed by atoms with van der Waals surface area (Å²) in [6, 6.07) is 4.61. The number of aryl methyl sites for hydroxylation is 1. The van der Waals surface area contributed by atoms with Gasteiger partial charge in [-0.1, -0.05) is 37.1 Å². The molecule has 1 atom stereocenters. The van der Waals surface area contributed by atoms with Crippen LogP contribution in [0.5, 0.6) is 0 Å². The Hall–Kier alpha value is -1.75. The third kappa shape index (κ3) is 3.17. The largest absolute Gasteiger partial charge is 0.337 e. The summed E-state index contributed by atoms with van der Waals surface area (Å²) in [5.41, 5.74) is 7.14. The highest BCUT2D eigenvalue weighted by molar-refractivity contribution is 5.54. The first-order valence-electron chi connectivity index (χ1n) is 6.47. The summed E-state index contributed by atoms with van der Waals surface area (Å²) in [4.78, 5) is 4.23. The van der Waals surface area contributed by atoms with E-state index >= 15 is 0 Å². The van der Waals surface area contributed by atoms with E-state index in [0.29, 0.717) is 22.8 Å². The summed E-state index contributed by atoms with van der Waals surface area (Å²) in [6.07, 6.45) is 2.89. The lowest BCUT2D eigenvalue weighted by Crippen LogP contribution is -2.10. The van der Waals surface area contributed by atoms with Crippen molar-refractivity contribution in [1.29, 1.82) is 0 Å². The lowest BCUT2D eigenvalue weighted by atomic mass is 10.1. The number of hydrogen-bond acceptors (Lipinski definition) is 4. The summed E-state index contributed by atoms with van der Waals surface area (Å²) in [5.74, 6) is 0.504. The van der Waals surface area contributed by atoms with Crippen molar-refractivity contribution in [2.24, 2.45) is 5.73 Å². The summed E-state index contributed by atoms with van der Waals surface area (Å²) in [7, 11) is 0. The third-order valence-corrected chi connectivity index (χ3v) is 3.06. The zero-order valence-corrected chi connectivity index (χ0v) is 11.2. The summed E-state index contributed by atoms with van der Waals surface area (Å²) < 4.78 is 18.6. The average Bonchev–Trinajstić information content (AvgIpc) is 2.89. The van der Waals surface area contributed by atoms with Crippen molar-refractivity contribution in [3.8, 4) is 11.4 Å². The first-order chi connectivity index (χ1) is 9.11. The molecule has 0 bridgehead atoms. The second kappa shape index (κ2) is 5.93. The fourth-order valence-corrected chi connectivity index (χ4v) is 1.78. The fraction of sp³-hybridized carbons (Fsp3) is 0.429. The van der Waals surface area contributed by atoms with Gasteiger partial charge >= 0.3 is 0 Å². The topological polar surface area (TPSA) is 64.9 Å². The Labute approximate surface area is 111 Å². The summed E-state index contributed by atoms with van der Waals surface area (Å²) >= 11 is 0. The highest BCUT2D eigenvalue weighted by Crippen LogP contribution is 2.22. The highest BCUT2D eigenvalue weighted by atomic mass is 19.1. The molecule has 0 saturated heterocycles. The van der Waals surface area contributed by atoms with Gasteiger partial charge in [-0.2, -0.15) is 4.98 Å². The molecule has 0 saturated carbocycles. The lowest BCUT2D eigenvalue weighted by molar-refractivity contribution is 0.346. The number of nitrogens with zero attached hydrogens (tertiary/aromatic N) is 2. The van der Waals surface area contributed by atoms with Gasteiger partial charge < -0.3 is 10.3 Å². The number of rotatable bonds is 5. The van der Waals surface area contributed by atoms with Crippen LogP contribution < -0.4 is 5.73 Å². The normalized spacial score (nSPS) is 12.6. The van der Waals surface area contributed by atoms with E-state index in [1.165, 1.54) is 6.07 Å². The van der Waals surface area contributed by atoms with E-state index in [4.69, 9.17) is 10.3 Å². The molecule has 0 aliphatic carbocycles. The van der Waals surface area contributed by atoms with E-state index in [2.05, 4.69) is 17.1 Å². The maximum Gasteiger partial charge on any atom is 0.243 e. The second-order valence-corrected chi connectivity index (χ2v) is 4.67. The van der Waals surface area contributed by atoms with Gasteiger partial charge in [0.2, 0.25) is 11.7 Å². The molecular formula is C14H18FN3O. The second-order valence-electron chi connectivity index (χ2n) is 4.67. The Morgan fingerprint density at radius 1 is 1.42 bits per heavy atom. The molecule has 1 heterocycles. The molecule has 0 spiro atoms. The molecule has 102 valence electrons. The molecule has 2 rings (SSSR count). The van der Waals surface area contributed by atoms with Gasteiger partial charge in [0.15, 0.2) is 0 Å². The molecule has 5 heteroatoms. The van der Waals surface area contributed by atoms with Gasteiger partial charge in [0.1, 0.15) is 5.82 Å². The van der Waals surface area contributed by atoms with Crippen molar-refractivity contribution in [3.63, 3.8) is 0 Å². The van der Waals surface area contributed by atoms with E-state index in [9.17, 15) is 4.39 Å². The van der Waals surface area contributed by atoms with Gasteiger partial charge in [0, 0.05) is 5.56 Å². The summed E-state index contributed by atoms with van der Waals surface area (Å²) in [6.45, 7) is 3.81. The molecule has 0 amide bonds. The minimum absolute atomic E-state index is 0.253. The van der Waals surface area contributed by atoms with Gasteiger partial charge in [0.05, 0.1) is 6.04 Å². The van der Waals surface area contributed by atoms with Gasteiger partial charge in [0.25, 0.3) is 0 Å². The minimum Gasteiger partial charge on any atom is -0.337 e. The van der Waals surface area contributed by atoms with E-state index in [0.717, 1.165) is 19.3 Å². The molecule has 0 radical (unpaired) electrons. The molecule has 2 aromatic rings. The van der Waals surface area contributed by atoms with Crippen LogP contribution in [0.4, 0.5) is 4.39 Å². The van der Waals surface area contributed by atoms with Crippen molar-refractivity contribution in [1.82, 2.24) is 10.1 Å². The van der Waals surface area contributed by atoms with E-state index in [1.54, 1.807) is 19.1 Å². The maximum atomic E-state index is 13.5. The van der Waals surface area contributed by atoms with E-state index in [1.807, 2.05) is 0 Å². The van der Waals surface area contributed by atoms with Crippen LogP contribution in [0.3, 0.4) is 0 Å². The van der Waals surface area contributed by atoms with Crippen molar-refractivity contribution in [2.75, 3.05) is 0 Å². The van der Waals surface area contributed by atoms with Crippen LogP contribution in [-0.2, 0) is 0 Å². The Kier molecular flexibility index (Phi) is 4.27. The van der Waals surface area contributed by atoms with Crippen LogP contribution in [0.25, 0.3) is 11.4 Å². The van der Waals surface area contributed by atoms with Crippen LogP contribution in [0.2, 0.25) is 0 Å². The van der Waals surface area contributed by atoms with Crippen molar-refractivity contribution >= 4 is 0 Å². The molecule has 0 aliphatic rings. The highest BCUT2D eigenvalue weighted by Gasteiger charge is 2.15. The third-order valence-electron chi connectivity index (χ3n) is 3.06. The number of unbranched alkanes of at least 4 members (excludes halogenated alkanes) is 1. The Morgan fingerprint density at radius 3 is 2.89 bits per heavy atom. The first-order valence-corrected chi connectivity index (χ1v) is 6.47. The Balaban J connectivity index is 2.18. The van der Waals surface area contributed by atoms with Crippen LogP contribution in [0.15, 0.2) is 22.7 Å². The molecule has 1 aromatic heterocycles. The molecule has 1 aromatic carbocycles. The van der Waals surface area contributed by atoms with Crippen molar-refractivity contribution < 1.29 is 8.91 Å². The molecule has 2 N–H and O–H groups in total. The van der Waals surface area contributed by atoms with Gasteiger partial charge in [-0.05, 0) is 25.0 Å². The van der Waals surface area contributed by atoms with Gasteiger partial charge in [-0.15, -0.1) is 0 Å². The van der Waals surface area contributed by atoms with Crippen LogP contribution in [0, 0.1) is 12.7 Å². The Bertz CT molecular complexity index is 553. The minimum atomic E-state index is -0.279. The Morgan fingerprint density at radius 2 is 2.21 bits per heavy atom. The van der Waals surface area contributed by atoms with Crippen LogP contribution in [-0.4, -0.2) is 10.1 Å². The number of hydrogen-bond donors (Lipinski definition) is 1. The number of nitrogens with two attached hydrogens (primary N) is 1. The SMILES string of the molecule is CCCCC(N)c1nc(-c2ccc(C)c(F)c2)no1. The fourth-order valence-electron chi connectivity index (χ4n) is 1.78. The molecule has 19 heavy (non-hydrogen) atoms. The van der Waals surface area contributed by atoms with E-state index < -0.39 is 0 Å². The molecule has 0 fully saturated rings. The van der Waals surface area contributed by atoms with Crippen molar-refractivity contribution in [2.45, 2.75) is 39.2 Å². The maximum absolute atomic E-state index is 13.5. The molecule has 0 aliphatic heterocycles. The van der Waals surface area contributed by atoms with Crippen LogP contribution >= 0.6 is 0 Å². The quantitative estimate of drug-likeness (QED) is 0.898. The van der Waals surface area contributed by atoms with Gasteiger partial charge in [-0.25, -0.2) is 4.39 Å². The first kappa shape index (κ1) is 13.7. The molecule has 4 nitrogen and oxygen atoms in total. The average molecular weight is 263 g/mol.